The molecule has 0 bridgehead atoms. The normalized spacial score (nSPS) is 18.2. The number of aliphatic hydroxyl groups excluding tert-OH is 1. The molecule has 1 aliphatic heterocycles. The van der Waals surface area contributed by atoms with Crippen molar-refractivity contribution in [2.24, 2.45) is 0 Å². The summed E-state index contributed by atoms with van der Waals surface area (Å²) in [4.78, 5) is 12.0. The van der Waals surface area contributed by atoms with Crippen LogP contribution in [0.3, 0.4) is 0 Å². The molecule has 1 aromatic carbocycles. The van der Waals surface area contributed by atoms with Crippen molar-refractivity contribution in [2.75, 3.05) is 40.5 Å². The predicted molar refractivity (Wildman–Crippen MR) is 92.0 cm³/mol. The maximum atomic E-state index is 12.0. The minimum Gasteiger partial charge on any atom is -0.497 e. The van der Waals surface area contributed by atoms with Crippen LogP contribution in [0.5, 0.6) is 11.5 Å². The van der Waals surface area contributed by atoms with Crippen LogP contribution in [0.15, 0.2) is 18.2 Å². The summed E-state index contributed by atoms with van der Waals surface area (Å²) >= 11 is 0. The molecule has 1 fully saturated rings. The number of rotatable bonds is 7. The number of halogens is 1. The van der Waals surface area contributed by atoms with Crippen molar-refractivity contribution in [2.45, 2.75) is 18.6 Å². The molecule has 2 unspecified atom stereocenters. The van der Waals surface area contributed by atoms with Crippen LogP contribution in [0.1, 0.15) is 18.1 Å². The third-order valence-electron chi connectivity index (χ3n) is 3.72. The average molecular weight is 361 g/mol. The highest BCUT2D eigenvalue weighted by atomic mass is 35.5. The Morgan fingerprint density at radius 3 is 2.88 bits per heavy atom. The fraction of sp³-hybridized carbons (Fsp3) is 0.562. The first-order chi connectivity index (χ1) is 11.1. The second kappa shape index (κ2) is 10.4. The Morgan fingerprint density at radius 2 is 2.25 bits per heavy atom. The summed E-state index contributed by atoms with van der Waals surface area (Å²) in [5, 5.41) is 16.3. The predicted octanol–water partition coefficient (Wildman–Crippen LogP) is 0.654. The fourth-order valence-corrected chi connectivity index (χ4v) is 2.47. The minimum atomic E-state index is -0.875. The molecule has 8 heteroatoms. The Labute approximate surface area is 148 Å². The fourth-order valence-electron chi connectivity index (χ4n) is 2.47. The van der Waals surface area contributed by atoms with Gasteiger partial charge in [-0.3, -0.25) is 4.79 Å². The molecule has 0 aliphatic carbocycles. The van der Waals surface area contributed by atoms with Gasteiger partial charge in [-0.2, -0.15) is 0 Å². The number of methoxy groups -OCH3 is 2. The number of carbonyl (C=O) groups excluding carboxylic acids is 1. The lowest BCUT2D eigenvalue weighted by molar-refractivity contribution is -0.122. The lowest BCUT2D eigenvalue weighted by atomic mass is 10.1. The zero-order chi connectivity index (χ0) is 16.7. The molecule has 0 saturated carbocycles. The van der Waals surface area contributed by atoms with Gasteiger partial charge < -0.3 is 30.0 Å². The van der Waals surface area contributed by atoms with E-state index >= 15 is 0 Å². The van der Waals surface area contributed by atoms with Crippen molar-refractivity contribution < 1.29 is 24.1 Å². The quantitative estimate of drug-likeness (QED) is 0.661. The number of amides is 1. The molecule has 1 amide bonds. The summed E-state index contributed by atoms with van der Waals surface area (Å²) in [6.07, 6.45) is -0.554. The third kappa shape index (κ3) is 5.83. The van der Waals surface area contributed by atoms with Crippen molar-refractivity contribution in [3.63, 3.8) is 0 Å². The van der Waals surface area contributed by atoms with Crippen LogP contribution in [0.2, 0.25) is 0 Å². The number of hydrogen-bond acceptors (Lipinski definition) is 6. The second-order valence-corrected chi connectivity index (χ2v) is 5.36. The summed E-state index contributed by atoms with van der Waals surface area (Å²) in [5.41, 5.74) is 0.575. The molecule has 2 rings (SSSR count). The van der Waals surface area contributed by atoms with Crippen LogP contribution >= 0.6 is 12.4 Å². The van der Waals surface area contributed by atoms with Gasteiger partial charge in [0.2, 0.25) is 5.91 Å². The van der Waals surface area contributed by atoms with Crippen molar-refractivity contribution in [1.82, 2.24) is 10.6 Å². The van der Waals surface area contributed by atoms with E-state index in [1.54, 1.807) is 25.3 Å². The summed E-state index contributed by atoms with van der Waals surface area (Å²) in [6.45, 7) is 2.06. The van der Waals surface area contributed by atoms with Gasteiger partial charge in [0.15, 0.2) is 0 Å². The molecule has 0 spiro atoms. The molecule has 3 N–H and O–H groups in total. The summed E-state index contributed by atoms with van der Waals surface area (Å²) in [7, 11) is 3.09. The largest absolute Gasteiger partial charge is 0.497 e. The number of morpholine rings is 1. The molecule has 1 heterocycles. The van der Waals surface area contributed by atoms with Crippen LogP contribution in [0, 0.1) is 0 Å². The number of ether oxygens (including phenoxy) is 3. The van der Waals surface area contributed by atoms with Gasteiger partial charge in [-0.1, -0.05) is 0 Å². The highest BCUT2D eigenvalue weighted by molar-refractivity contribution is 5.85. The van der Waals surface area contributed by atoms with Gasteiger partial charge in [0, 0.05) is 31.1 Å². The van der Waals surface area contributed by atoms with Crippen LogP contribution in [0.25, 0.3) is 0 Å². The van der Waals surface area contributed by atoms with E-state index in [-0.39, 0.29) is 30.9 Å². The maximum Gasteiger partial charge on any atom is 0.221 e. The first kappa shape index (κ1) is 20.5. The van der Waals surface area contributed by atoms with Gasteiger partial charge in [-0.25, -0.2) is 0 Å². The maximum absolute atomic E-state index is 12.0. The monoisotopic (exact) mass is 360 g/mol. The first-order valence-corrected chi connectivity index (χ1v) is 7.62. The van der Waals surface area contributed by atoms with E-state index in [0.717, 1.165) is 6.54 Å². The van der Waals surface area contributed by atoms with Gasteiger partial charge in [-0.05, 0) is 18.2 Å². The van der Waals surface area contributed by atoms with Gasteiger partial charge in [0.1, 0.15) is 11.5 Å². The molecule has 1 aliphatic rings. The van der Waals surface area contributed by atoms with Gasteiger partial charge in [0.25, 0.3) is 0 Å². The Hall–Kier alpha value is -1.54. The Morgan fingerprint density at radius 1 is 1.46 bits per heavy atom. The zero-order valence-corrected chi connectivity index (χ0v) is 14.7. The molecule has 136 valence electrons. The topological polar surface area (TPSA) is 89.0 Å². The molecule has 0 aromatic heterocycles. The highest BCUT2D eigenvalue weighted by Gasteiger charge is 2.19. The van der Waals surface area contributed by atoms with Crippen molar-refractivity contribution in [3.05, 3.63) is 23.8 Å². The average Bonchev–Trinajstić information content (AvgIpc) is 2.60. The lowest BCUT2D eigenvalue weighted by Crippen LogP contribution is -2.44. The molecule has 1 saturated heterocycles. The molecule has 24 heavy (non-hydrogen) atoms. The van der Waals surface area contributed by atoms with E-state index in [1.165, 1.54) is 7.11 Å². The molecular formula is C16H25ClN2O5. The standard InChI is InChI=1S/C16H24N2O5.ClH/c1-21-12-3-4-15(22-2)13(8-12)14(19)9-18-16(20)7-11-10-23-6-5-17-11;/h3-4,8,11,14,17,19H,5-7,9-10H2,1-2H3,(H,18,20);1H. The summed E-state index contributed by atoms with van der Waals surface area (Å²) in [5.74, 6) is 1.04. The van der Waals surface area contributed by atoms with Crippen LogP contribution in [-0.4, -0.2) is 57.6 Å². The Balaban J connectivity index is 0.00000288. The summed E-state index contributed by atoms with van der Waals surface area (Å²) < 4.78 is 15.7. The number of carbonyl (C=O) groups is 1. The summed E-state index contributed by atoms with van der Waals surface area (Å²) in [6, 6.07) is 5.20. The molecular weight excluding hydrogens is 336 g/mol. The van der Waals surface area contributed by atoms with Gasteiger partial charge in [0.05, 0.1) is 33.5 Å². The van der Waals surface area contributed by atoms with Crippen molar-refractivity contribution >= 4 is 18.3 Å². The number of hydrogen-bond donors (Lipinski definition) is 3. The smallest absolute Gasteiger partial charge is 0.221 e. The van der Waals surface area contributed by atoms with E-state index in [9.17, 15) is 9.90 Å². The van der Waals surface area contributed by atoms with Gasteiger partial charge >= 0.3 is 0 Å². The SMILES string of the molecule is COc1ccc(OC)c(C(O)CNC(=O)CC2COCCN2)c1.Cl. The number of benzene rings is 1. The van der Waals surface area contributed by atoms with E-state index in [1.807, 2.05) is 0 Å². The van der Waals surface area contributed by atoms with Crippen LogP contribution in [-0.2, 0) is 9.53 Å². The van der Waals surface area contributed by atoms with E-state index in [4.69, 9.17) is 14.2 Å². The molecule has 1 aromatic rings. The number of aliphatic hydroxyl groups is 1. The van der Waals surface area contributed by atoms with Crippen LogP contribution < -0.4 is 20.1 Å². The first-order valence-electron chi connectivity index (χ1n) is 7.62. The van der Waals surface area contributed by atoms with Crippen molar-refractivity contribution in [1.29, 1.82) is 0 Å². The zero-order valence-electron chi connectivity index (χ0n) is 13.9. The third-order valence-corrected chi connectivity index (χ3v) is 3.72. The molecule has 7 nitrogen and oxygen atoms in total. The Bertz CT molecular complexity index is 523. The van der Waals surface area contributed by atoms with Gasteiger partial charge in [-0.15, -0.1) is 12.4 Å². The van der Waals surface area contributed by atoms with E-state index in [0.29, 0.717) is 36.7 Å². The molecule has 0 radical (unpaired) electrons. The number of nitrogens with one attached hydrogen (secondary N) is 2. The van der Waals surface area contributed by atoms with Crippen LogP contribution in [0.4, 0.5) is 0 Å². The second-order valence-electron chi connectivity index (χ2n) is 5.36. The van der Waals surface area contributed by atoms with Crippen molar-refractivity contribution in [3.8, 4) is 11.5 Å². The minimum absolute atomic E-state index is 0. The van der Waals surface area contributed by atoms with E-state index in [2.05, 4.69) is 10.6 Å². The Kier molecular flexibility index (Phi) is 8.84. The highest BCUT2D eigenvalue weighted by Crippen LogP contribution is 2.29. The molecule has 2 atom stereocenters. The van der Waals surface area contributed by atoms with E-state index < -0.39 is 6.10 Å². The lowest BCUT2D eigenvalue weighted by Gasteiger charge is -2.23.